The highest BCUT2D eigenvalue weighted by atomic mass is 16.5. The molecule has 6 nitrogen and oxygen atoms in total. The number of hydrogen-bond acceptors (Lipinski definition) is 5. The summed E-state index contributed by atoms with van der Waals surface area (Å²) in [5.41, 5.74) is 0. The van der Waals surface area contributed by atoms with E-state index in [4.69, 9.17) is 4.74 Å². The van der Waals surface area contributed by atoms with Crippen LogP contribution in [-0.2, 0) is 14.3 Å². The zero-order valence-electron chi connectivity index (χ0n) is 50.5. The first-order valence-electron chi connectivity index (χ1n) is 33.7. The summed E-state index contributed by atoms with van der Waals surface area (Å²) in [4.78, 5) is 24.5. The van der Waals surface area contributed by atoms with Crippen molar-refractivity contribution in [3.05, 3.63) is 36.5 Å². The van der Waals surface area contributed by atoms with E-state index in [1.165, 1.54) is 283 Å². The van der Waals surface area contributed by atoms with Gasteiger partial charge >= 0.3 is 5.97 Å². The fraction of sp³-hybridized carbons (Fsp3) is 0.884. The largest absolute Gasteiger partial charge is 0.466 e. The Morgan fingerprint density at radius 2 is 0.667 bits per heavy atom. The lowest BCUT2D eigenvalue weighted by atomic mass is 10.0. The molecule has 0 rings (SSSR count). The molecule has 0 radical (unpaired) electrons. The van der Waals surface area contributed by atoms with Crippen LogP contribution < -0.4 is 5.32 Å². The average molecular weight is 1050 g/mol. The van der Waals surface area contributed by atoms with Gasteiger partial charge in [0.15, 0.2) is 0 Å². The third kappa shape index (κ3) is 61.2. The zero-order chi connectivity index (χ0) is 54.3. The number of carbonyl (C=O) groups excluding carboxylic acids is 2. The summed E-state index contributed by atoms with van der Waals surface area (Å²) in [6.45, 7) is 4.93. The van der Waals surface area contributed by atoms with Gasteiger partial charge in [0, 0.05) is 12.8 Å². The Balaban J connectivity index is 3.34. The minimum absolute atomic E-state index is 0.00425. The number of carbonyl (C=O) groups is 2. The van der Waals surface area contributed by atoms with E-state index in [2.05, 4.69) is 55.6 Å². The van der Waals surface area contributed by atoms with Crippen molar-refractivity contribution < 1.29 is 24.5 Å². The zero-order valence-corrected chi connectivity index (χ0v) is 50.5. The third-order valence-corrected chi connectivity index (χ3v) is 15.7. The minimum atomic E-state index is -0.661. The number of ether oxygens (including phenoxy) is 1. The Morgan fingerprint density at radius 1 is 0.373 bits per heavy atom. The summed E-state index contributed by atoms with van der Waals surface area (Å²) in [6.07, 6.45) is 81.9. The van der Waals surface area contributed by atoms with E-state index in [9.17, 15) is 19.8 Å². The van der Waals surface area contributed by atoms with E-state index < -0.39 is 12.1 Å². The molecule has 6 heteroatoms. The van der Waals surface area contributed by atoms with Crippen LogP contribution >= 0.6 is 0 Å². The summed E-state index contributed by atoms with van der Waals surface area (Å²) in [7, 11) is 0. The standard InChI is InChI=1S/C69H131NO5/c1-3-5-7-9-11-13-15-16-35-39-43-47-51-55-59-63-69(74)75-64-60-56-52-48-44-40-37-34-32-30-28-26-24-22-20-18-17-19-21-23-25-27-29-31-33-36-38-42-46-50-54-58-62-68(73)70-66(65-71)67(72)61-57-53-49-45-41-14-12-10-8-6-4-2/h11,13,16,20,22,35,66-67,71-72H,3-10,12,14-15,17-19,21,23-34,36-65H2,1-2H3,(H,70,73)/b13-11-,22-20-,35-16-. The molecular formula is C69H131NO5. The van der Waals surface area contributed by atoms with E-state index in [0.717, 1.165) is 51.4 Å². The Kier molecular flexibility index (Phi) is 63.0. The van der Waals surface area contributed by atoms with Crippen molar-refractivity contribution in [3.63, 3.8) is 0 Å². The highest BCUT2D eigenvalue weighted by Crippen LogP contribution is 2.18. The summed E-state index contributed by atoms with van der Waals surface area (Å²) in [6, 6.07) is -0.538. The second-order valence-corrected chi connectivity index (χ2v) is 23.1. The Bertz CT molecular complexity index is 1210. The quantitative estimate of drug-likeness (QED) is 0.0320. The number of aliphatic hydroxyl groups is 2. The summed E-state index contributed by atoms with van der Waals surface area (Å²) in [5, 5.41) is 23.2. The molecule has 0 saturated heterocycles. The molecule has 75 heavy (non-hydrogen) atoms. The molecule has 0 aliphatic carbocycles. The fourth-order valence-corrected chi connectivity index (χ4v) is 10.5. The molecule has 0 fully saturated rings. The average Bonchev–Trinajstić information content (AvgIpc) is 3.41. The first kappa shape index (κ1) is 73.1. The predicted octanol–water partition coefficient (Wildman–Crippen LogP) is 21.5. The van der Waals surface area contributed by atoms with Crippen LogP contribution in [0.25, 0.3) is 0 Å². The van der Waals surface area contributed by atoms with Crippen molar-refractivity contribution in [2.24, 2.45) is 0 Å². The maximum Gasteiger partial charge on any atom is 0.305 e. The van der Waals surface area contributed by atoms with Crippen molar-refractivity contribution in [3.8, 4) is 0 Å². The maximum atomic E-state index is 12.5. The molecule has 0 aliphatic rings. The predicted molar refractivity (Wildman–Crippen MR) is 329 cm³/mol. The van der Waals surface area contributed by atoms with Gasteiger partial charge < -0.3 is 20.3 Å². The van der Waals surface area contributed by atoms with Crippen molar-refractivity contribution in [1.82, 2.24) is 5.32 Å². The van der Waals surface area contributed by atoms with E-state index in [-0.39, 0.29) is 18.5 Å². The number of unbranched alkanes of at least 4 members (excludes halogenated alkanes) is 46. The van der Waals surface area contributed by atoms with E-state index in [0.29, 0.717) is 25.9 Å². The molecule has 0 spiro atoms. The molecule has 2 atom stereocenters. The van der Waals surface area contributed by atoms with Crippen LogP contribution in [0.4, 0.5) is 0 Å². The van der Waals surface area contributed by atoms with Gasteiger partial charge in [-0.1, -0.05) is 307 Å². The molecule has 3 N–H and O–H groups in total. The molecule has 0 aromatic heterocycles. The van der Waals surface area contributed by atoms with Gasteiger partial charge in [-0.2, -0.15) is 0 Å². The van der Waals surface area contributed by atoms with Crippen LogP contribution in [0.15, 0.2) is 36.5 Å². The third-order valence-electron chi connectivity index (χ3n) is 15.7. The minimum Gasteiger partial charge on any atom is -0.466 e. The Morgan fingerprint density at radius 3 is 1.05 bits per heavy atom. The molecular weight excluding hydrogens is 923 g/mol. The molecule has 2 unspecified atom stereocenters. The fourth-order valence-electron chi connectivity index (χ4n) is 10.5. The van der Waals surface area contributed by atoms with Gasteiger partial charge in [0.25, 0.3) is 0 Å². The van der Waals surface area contributed by atoms with Crippen LogP contribution in [0.1, 0.15) is 367 Å². The van der Waals surface area contributed by atoms with E-state index >= 15 is 0 Å². The molecule has 0 aromatic carbocycles. The molecule has 0 heterocycles. The second kappa shape index (κ2) is 64.6. The van der Waals surface area contributed by atoms with E-state index in [1.54, 1.807) is 0 Å². The van der Waals surface area contributed by atoms with Gasteiger partial charge in [0.1, 0.15) is 0 Å². The van der Waals surface area contributed by atoms with Crippen molar-refractivity contribution in [2.45, 2.75) is 379 Å². The highest BCUT2D eigenvalue weighted by molar-refractivity contribution is 5.76. The van der Waals surface area contributed by atoms with Gasteiger partial charge in [-0.25, -0.2) is 0 Å². The number of aliphatic hydroxyl groups excluding tert-OH is 2. The van der Waals surface area contributed by atoms with Gasteiger partial charge in [-0.05, 0) is 83.5 Å². The number of hydrogen-bond donors (Lipinski definition) is 3. The van der Waals surface area contributed by atoms with Crippen LogP contribution in [0.3, 0.4) is 0 Å². The topological polar surface area (TPSA) is 95.9 Å². The molecule has 0 bridgehead atoms. The van der Waals surface area contributed by atoms with E-state index in [1.807, 2.05) is 0 Å². The van der Waals surface area contributed by atoms with Gasteiger partial charge in [0.05, 0.1) is 25.4 Å². The lowest BCUT2D eigenvalue weighted by molar-refractivity contribution is -0.143. The molecule has 0 aromatic rings. The van der Waals surface area contributed by atoms with Gasteiger partial charge in [-0.3, -0.25) is 9.59 Å². The lowest BCUT2D eigenvalue weighted by Crippen LogP contribution is -2.45. The molecule has 442 valence electrons. The van der Waals surface area contributed by atoms with Crippen LogP contribution in [0.2, 0.25) is 0 Å². The number of amides is 1. The first-order valence-corrected chi connectivity index (χ1v) is 33.7. The smallest absolute Gasteiger partial charge is 0.305 e. The van der Waals surface area contributed by atoms with Crippen molar-refractivity contribution in [2.75, 3.05) is 13.2 Å². The number of allylic oxidation sites excluding steroid dienone is 6. The summed E-state index contributed by atoms with van der Waals surface area (Å²) in [5.74, 6) is -0.0279. The summed E-state index contributed by atoms with van der Waals surface area (Å²) < 4.78 is 5.48. The van der Waals surface area contributed by atoms with Crippen molar-refractivity contribution in [1.29, 1.82) is 0 Å². The highest BCUT2D eigenvalue weighted by Gasteiger charge is 2.20. The van der Waals surface area contributed by atoms with Gasteiger partial charge in [0.2, 0.25) is 5.91 Å². The Hall–Kier alpha value is -1.92. The molecule has 0 aliphatic heterocycles. The molecule has 0 saturated carbocycles. The second-order valence-electron chi connectivity index (χ2n) is 23.1. The van der Waals surface area contributed by atoms with Gasteiger partial charge in [-0.15, -0.1) is 0 Å². The van der Waals surface area contributed by atoms with Crippen molar-refractivity contribution >= 4 is 11.9 Å². The summed E-state index contributed by atoms with van der Waals surface area (Å²) >= 11 is 0. The normalized spacial score (nSPS) is 12.7. The lowest BCUT2D eigenvalue weighted by Gasteiger charge is -2.22. The van der Waals surface area contributed by atoms with Crippen LogP contribution in [0.5, 0.6) is 0 Å². The number of esters is 1. The number of rotatable bonds is 63. The first-order chi connectivity index (χ1) is 37.0. The molecule has 1 amide bonds. The number of nitrogens with one attached hydrogen (secondary N) is 1. The van der Waals surface area contributed by atoms with Crippen LogP contribution in [-0.4, -0.2) is 47.4 Å². The Labute approximate surface area is 468 Å². The maximum absolute atomic E-state index is 12.5. The monoisotopic (exact) mass is 1050 g/mol. The SMILES string of the molecule is CCCCC/C=C\C/C=C\CCCCCCCC(=O)OCCCCCCCCCCCCCC/C=C\CCCCCCCCCCCCCCCCCCC(=O)NC(CO)C(O)CCCCCCCCCCCCC. The van der Waals surface area contributed by atoms with Crippen LogP contribution in [0, 0.1) is 0 Å².